The van der Waals surface area contributed by atoms with E-state index in [2.05, 4.69) is 0 Å². The number of ether oxygens (including phenoxy) is 1. The van der Waals surface area contributed by atoms with Crippen LogP contribution in [0.1, 0.15) is 13.3 Å². The Balaban J connectivity index is 2.46. The highest BCUT2D eigenvalue weighted by Crippen LogP contribution is 2.10. The van der Waals surface area contributed by atoms with Crippen LogP contribution in [0.3, 0.4) is 0 Å². The van der Waals surface area contributed by atoms with Gasteiger partial charge in [-0.2, -0.15) is 0 Å². The van der Waals surface area contributed by atoms with E-state index in [0.29, 0.717) is 6.61 Å². The van der Waals surface area contributed by atoms with Crippen molar-refractivity contribution >= 4 is 11.6 Å². The zero-order valence-corrected chi connectivity index (χ0v) is 9.27. The van der Waals surface area contributed by atoms with Crippen LogP contribution in [0, 0.1) is 0 Å². The normalized spacial score (nSPS) is 10.0. The quantitative estimate of drug-likeness (QED) is 0.692. The third kappa shape index (κ3) is 3.72. The fourth-order valence-electron chi connectivity index (χ4n) is 1.20. The standard InChI is InChI=1S/C12H17NO2/c1-3-9-15-10-12(14)13(2)11-7-5-4-6-8-11/h4-8H,3,9-10H2,1-2H3. The van der Waals surface area contributed by atoms with E-state index >= 15 is 0 Å². The number of hydrogen-bond donors (Lipinski definition) is 0. The smallest absolute Gasteiger partial charge is 0.252 e. The highest BCUT2D eigenvalue weighted by molar-refractivity contribution is 5.93. The topological polar surface area (TPSA) is 29.5 Å². The van der Waals surface area contributed by atoms with E-state index in [1.54, 1.807) is 11.9 Å². The number of benzene rings is 1. The lowest BCUT2D eigenvalue weighted by molar-refractivity contribution is -0.122. The fraction of sp³-hybridized carbons (Fsp3) is 0.417. The maximum absolute atomic E-state index is 11.6. The van der Waals surface area contributed by atoms with Crippen LogP contribution in [0.2, 0.25) is 0 Å². The molecule has 0 spiro atoms. The number of anilines is 1. The summed E-state index contributed by atoms with van der Waals surface area (Å²) < 4.78 is 5.20. The molecule has 1 aromatic carbocycles. The number of amides is 1. The lowest BCUT2D eigenvalue weighted by Crippen LogP contribution is -2.30. The Kier molecular flexibility index (Phi) is 4.84. The number of likely N-dealkylation sites (N-methyl/N-ethyl adjacent to an activating group) is 1. The maximum Gasteiger partial charge on any atom is 0.252 e. The fourth-order valence-corrected chi connectivity index (χ4v) is 1.20. The molecule has 0 aromatic heterocycles. The highest BCUT2D eigenvalue weighted by Gasteiger charge is 2.09. The summed E-state index contributed by atoms with van der Waals surface area (Å²) in [6.07, 6.45) is 0.933. The first kappa shape index (κ1) is 11.7. The van der Waals surface area contributed by atoms with Crippen molar-refractivity contribution in [1.82, 2.24) is 0 Å². The Labute approximate surface area is 90.7 Å². The Morgan fingerprint density at radius 3 is 2.60 bits per heavy atom. The highest BCUT2D eigenvalue weighted by atomic mass is 16.5. The first-order valence-corrected chi connectivity index (χ1v) is 5.15. The molecule has 3 nitrogen and oxygen atoms in total. The molecule has 0 aliphatic rings. The second-order valence-corrected chi connectivity index (χ2v) is 3.34. The van der Waals surface area contributed by atoms with Crippen LogP contribution in [-0.4, -0.2) is 26.2 Å². The van der Waals surface area contributed by atoms with Crippen LogP contribution in [0.25, 0.3) is 0 Å². The summed E-state index contributed by atoms with van der Waals surface area (Å²) in [4.78, 5) is 13.2. The summed E-state index contributed by atoms with van der Waals surface area (Å²) in [5.74, 6) is -0.0188. The molecule has 0 saturated heterocycles. The molecule has 0 N–H and O–H groups in total. The average Bonchev–Trinajstić information content (AvgIpc) is 2.29. The van der Waals surface area contributed by atoms with E-state index in [-0.39, 0.29) is 12.5 Å². The van der Waals surface area contributed by atoms with Gasteiger partial charge in [0.05, 0.1) is 0 Å². The summed E-state index contributed by atoms with van der Waals surface area (Å²) in [5.41, 5.74) is 0.891. The van der Waals surface area contributed by atoms with E-state index in [9.17, 15) is 4.79 Å². The monoisotopic (exact) mass is 207 g/mol. The molecule has 0 aliphatic heterocycles. The van der Waals surface area contributed by atoms with Gasteiger partial charge in [-0.15, -0.1) is 0 Å². The van der Waals surface area contributed by atoms with Gasteiger partial charge in [-0.3, -0.25) is 4.79 Å². The number of para-hydroxylation sites is 1. The van der Waals surface area contributed by atoms with E-state index in [4.69, 9.17) is 4.74 Å². The summed E-state index contributed by atoms with van der Waals surface area (Å²) in [6, 6.07) is 9.54. The Bertz CT molecular complexity index is 298. The minimum Gasteiger partial charge on any atom is -0.372 e. The van der Waals surface area contributed by atoms with Gasteiger partial charge in [-0.05, 0) is 18.6 Å². The molecule has 0 bridgehead atoms. The van der Waals surface area contributed by atoms with Gasteiger partial charge < -0.3 is 9.64 Å². The van der Waals surface area contributed by atoms with Crippen molar-refractivity contribution in [3.63, 3.8) is 0 Å². The molecule has 1 aromatic rings. The van der Waals surface area contributed by atoms with Gasteiger partial charge in [-0.1, -0.05) is 25.1 Å². The van der Waals surface area contributed by atoms with Crippen LogP contribution < -0.4 is 4.90 Å². The van der Waals surface area contributed by atoms with Crippen molar-refractivity contribution in [3.05, 3.63) is 30.3 Å². The Hall–Kier alpha value is -1.35. The van der Waals surface area contributed by atoms with Gasteiger partial charge in [0.2, 0.25) is 0 Å². The van der Waals surface area contributed by atoms with E-state index in [0.717, 1.165) is 12.1 Å². The van der Waals surface area contributed by atoms with Crippen LogP contribution in [0.15, 0.2) is 30.3 Å². The molecule has 0 aliphatic carbocycles. The van der Waals surface area contributed by atoms with Gasteiger partial charge in [0.15, 0.2) is 0 Å². The first-order chi connectivity index (χ1) is 7.25. The maximum atomic E-state index is 11.6. The van der Waals surface area contributed by atoms with Crippen LogP contribution >= 0.6 is 0 Å². The van der Waals surface area contributed by atoms with Crippen molar-refractivity contribution in [1.29, 1.82) is 0 Å². The predicted molar refractivity (Wildman–Crippen MR) is 61.0 cm³/mol. The molecule has 1 rings (SSSR count). The number of carbonyl (C=O) groups excluding carboxylic acids is 1. The van der Waals surface area contributed by atoms with E-state index in [1.165, 1.54) is 0 Å². The minimum atomic E-state index is -0.0188. The molecule has 0 atom stereocenters. The Morgan fingerprint density at radius 2 is 2.00 bits per heavy atom. The summed E-state index contributed by atoms with van der Waals surface area (Å²) in [7, 11) is 1.76. The number of carbonyl (C=O) groups is 1. The third-order valence-corrected chi connectivity index (χ3v) is 2.09. The summed E-state index contributed by atoms with van der Waals surface area (Å²) in [6.45, 7) is 2.80. The van der Waals surface area contributed by atoms with Gasteiger partial charge in [0, 0.05) is 19.3 Å². The predicted octanol–water partition coefficient (Wildman–Crippen LogP) is 2.08. The molecule has 15 heavy (non-hydrogen) atoms. The van der Waals surface area contributed by atoms with Crippen molar-refractivity contribution in [2.75, 3.05) is 25.2 Å². The SMILES string of the molecule is CCCOCC(=O)N(C)c1ccccc1. The van der Waals surface area contributed by atoms with Gasteiger partial charge >= 0.3 is 0 Å². The van der Waals surface area contributed by atoms with Crippen LogP contribution in [0.4, 0.5) is 5.69 Å². The molecule has 82 valence electrons. The molecule has 0 heterocycles. The Morgan fingerprint density at radius 1 is 1.33 bits per heavy atom. The molecule has 1 amide bonds. The molecule has 0 unspecified atom stereocenters. The lowest BCUT2D eigenvalue weighted by Gasteiger charge is -2.16. The van der Waals surface area contributed by atoms with Crippen molar-refractivity contribution in [3.8, 4) is 0 Å². The molecule has 0 fully saturated rings. The first-order valence-electron chi connectivity index (χ1n) is 5.15. The largest absolute Gasteiger partial charge is 0.372 e. The molecule has 3 heteroatoms. The number of rotatable bonds is 5. The second-order valence-electron chi connectivity index (χ2n) is 3.34. The molecule has 0 radical (unpaired) electrons. The van der Waals surface area contributed by atoms with Gasteiger partial charge in [0.1, 0.15) is 6.61 Å². The van der Waals surface area contributed by atoms with E-state index < -0.39 is 0 Å². The minimum absolute atomic E-state index is 0.0188. The second kappa shape index (κ2) is 6.19. The van der Waals surface area contributed by atoms with Crippen LogP contribution in [0.5, 0.6) is 0 Å². The van der Waals surface area contributed by atoms with Gasteiger partial charge in [-0.25, -0.2) is 0 Å². The zero-order valence-electron chi connectivity index (χ0n) is 9.27. The van der Waals surface area contributed by atoms with Crippen molar-refractivity contribution in [2.45, 2.75) is 13.3 Å². The summed E-state index contributed by atoms with van der Waals surface area (Å²) in [5, 5.41) is 0. The van der Waals surface area contributed by atoms with Crippen LogP contribution in [-0.2, 0) is 9.53 Å². The molecular weight excluding hydrogens is 190 g/mol. The third-order valence-electron chi connectivity index (χ3n) is 2.09. The average molecular weight is 207 g/mol. The van der Waals surface area contributed by atoms with Crippen molar-refractivity contribution in [2.24, 2.45) is 0 Å². The zero-order chi connectivity index (χ0) is 11.1. The van der Waals surface area contributed by atoms with Gasteiger partial charge in [0.25, 0.3) is 5.91 Å². The van der Waals surface area contributed by atoms with Crippen molar-refractivity contribution < 1.29 is 9.53 Å². The number of nitrogens with zero attached hydrogens (tertiary/aromatic N) is 1. The lowest BCUT2D eigenvalue weighted by atomic mass is 10.3. The summed E-state index contributed by atoms with van der Waals surface area (Å²) >= 11 is 0. The molecular formula is C12H17NO2. The molecule has 0 saturated carbocycles. The van der Waals surface area contributed by atoms with E-state index in [1.807, 2.05) is 37.3 Å². The number of hydrogen-bond acceptors (Lipinski definition) is 2.